The fourth-order valence-corrected chi connectivity index (χ4v) is 2.08. The number of benzene rings is 1. The summed E-state index contributed by atoms with van der Waals surface area (Å²) in [5.41, 5.74) is 1.12. The molecule has 0 aliphatic rings. The van der Waals surface area contributed by atoms with Gasteiger partial charge in [-0.15, -0.1) is 0 Å². The van der Waals surface area contributed by atoms with Crippen molar-refractivity contribution >= 4 is 16.8 Å². The molecule has 1 aromatic carbocycles. The molecule has 0 spiro atoms. The van der Waals surface area contributed by atoms with E-state index < -0.39 is 0 Å². The van der Waals surface area contributed by atoms with Gasteiger partial charge in [0.1, 0.15) is 5.75 Å². The Morgan fingerprint density at radius 1 is 1.29 bits per heavy atom. The predicted octanol–water partition coefficient (Wildman–Crippen LogP) is 3.98. The molecule has 3 heteroatoms. The number of hydrogen-bond donors (Lipinski definition) is 0. The van der Waals surface area contributed by atoms with Crippen molar-refractivity contribution in [2.45, 2.75) is 33.1 Å². The summed E-state index contributed by atoms with van der Waals surface area (Å²) in [5, 5.41) is -0.291. The summed E-state index contributed by atoms with van der Waals surface area (Å²) in [5.74, 6) is 0.942. The highest BCUT2D eigenvalue weighted by molar-refractivity contribution is 6.63. The van der Waals surface area contributed by atoms with E-state index in [2.05, 4.69) is 20.8 Å². The standard InChI is InChI=1S/C14H19ClO2/c1-14(2,3)12(9-13(15)16)10-5-7-11(17-4)8-6-10/h5-8,12H,9H2,1-4H3. The largest absolute Gasteiger partial charge is 0.497 e. The van der Waals surface area contributed by atoms with Crippen LogP contribution in [-0.4, -0.2) is 12.4 Å². The molecule has 0 aromatic heterocycles. The maximum Gasteiger partial charge on any atom is 0.222 e. The number of rotatable bonds is 4. The Labute approximate surface area is 108 Å². The van der Waals surface area contributed by atoms with Crippen molar-refractivity contribution in [3.8, 4) is 5.75 Å². The Kier molecular flexibility index (Phi) is 4.58. The first-order valence-electron chi connectivity index (χ1n) is 5.67. The van der Waals surface area contributed by atoms with Crippen LogP contribution in [0.2, 0.25) is 0 Å². The summed E-state index contributed by atoms with van der Waals surface area (Å²) in [4.78, 5) is 11.1. The molecule has 17 heavy (non-hydrogen) atoms. The van der Waals surface area contributed by atoms with Crippen molar-refractivity contribution in [2.24, 2.45) is 5.41 Å². The molecule has 1 rings (SSSR count). The summed E-state index contributed by atoms with van der Waals surface area (Å²) < 4.78 is 5.12. The van der Waals surface area contributed by atoms with Crippen molar-refractivity contribution in [3.05, 3.63) is 29.8 Å². The Morgan fingerprint density at radius 2 is 1.82 bits per heavy atom. The van der Waals surface area contributed by atoms with E-state index in [1.165, 1.54) is 0 Å². The van der Waals surface area contributed by atoms with Gasteiger partial charge in [-0.25, -0.2) is 0 Å². The summed E-state index contributed by atoms with van der Waals surface area (Å²) in [6.45, 7) is 6.34. The van der Waals surface area contributed by atoms with Gasteiger partial charge >= 0.3 is 0 Å². The molecule has 0 saturated heterocycles. The highest BCUT2D eigenvalue weighted by Gasteiger charge is 2.27. The predicted molar refractivity (Wildman–Crippen MR) is 70.7 cm³/mol. The number of methoxy groups -OCH3 is 1. The quantitative estimate of drug-likeness (QED) is 0.760. The van der Waals surface area contributed by atoms with E-state index in [-0.39, 0.29) is 16.6 Å². The third kappa shape index (κ3) is 4.04. The van der Waals surface area contributed by atoms with Crippen LogP contribution in [0.15, 0.2) is 24.3 Å². The molecule has 1 unspecified atom stereocenters. The number of hydrogen-bond acceptors (Lipinski definition) is 2. The lowest BCUT2D eigenvalue weighted by Gasteiger charge is -2.30. The van der Waals surface area contributed by atoms with Crippen molar-refractivity contribution in [3.63, 3.8) is 0 Å². The van der Waals surface area contributed by atoms with Gasteiger partial charge in [-0.2, -0.15) is 0 Å². The molecule has 0 aliphatic heterocycles. The summed E-state index contributed by atoms with van der Waals surface area (Å²) in [7, 11) is 1.64. The van der Waals surface area contributed by atoms with Gasteiger partial charge in [-0.1, -0.05) is 32.9 Å². The summed E-state index contributed by atoms with van der Waals surface area (Å²) in [6.07, 6.45) is 0.359. The molecule has 2 nitrogen and oxygen atoms in total. The minimum absolute atomic E-state index is 0.000855. The van der Waals surface area contributed by atoms with Crippen molar-refractivity contribution in [2.75, 3.05) is 7.11 Å². The van der Waals surface area contributed by atoms with E-state index in [1.54, 1.807) is 7.11 Å². The molecular weight excluding hydrogens is 236 g/mol. The van der Waals surface area contributed by atoms with Crippen LogP contribution in [-0.2, 0) is 4.79 Å². The molecule has 0 N–H and O–H groups in total. The van der Waals surface area contributed by atoms with Gasteiger partial charge in [-0.3, -0.25) is 4.79 Å². The van der Waals surface area contributed by atoms with Crippen LogP contribution >= 0.6 is 11.6 Å². The molecule has 0 amide bonds. The monoisotopic (exact) mass is 254 g/mol. The first-order chi connectivity index (χ1) is 7.84. The van der Waals surface area contributed by atoms with Gasteiger partial charge in [0.2, 0.25) is 5.24 Å². The number of ether oxygens (including phenoxy) is 1. The van der Waals surface area contributed by atoms with Crippen LogP contribution in [0.5, 0.6) is 5.75 Å². The van der Waals surface area contributed by atoms with Crippen molar-refractivity contribution in [1.82, 2.24) is 0 Å². The molecule has 1 atom stereocenters. The second kappa shape index (κ2) is 5.54. The van der Waals surface area contributed by atoms with E-state index in [1.807, 2.05) is 24.3 Å². The van der Waals surface area contributed by atoms with Crippen LogP contribution < -0.4 is 4.74 Å². The normalized spacial score (nSPS) is 13.2. The molecule has 0 radical (unpaired) electrons. The lowest BCUT2D eigenvalue weighted by molar-refractivity contribution is -0.112. The molecule has 0 fully saturated rings. The fraction of sp³-hybridized carbons (Fsp3) is 0.500. The summed E-state index contributed by atoms with van der Waals surface area (Å²) >= 11 is 5.52. The van der Waals surface area contributed by atoms with Gasteiger partial charge in [0.05, 0.1) is 7.11 Å². The third-order valence-electron chi connectivity index (χ3n) is 2.93. The number of halogens is 1. The molecule has 0 bridgehead atoms. The van der Waals surface area contributed by atoms with E-state index in [0.717, 1.165) is 11.3 Å². The Morgan fingerprint density at radius 3 is 2.18 bits per heavy atom. The lowest BCUT2D eigenvalue weighted by atomic mass is 9.75. The third-order valence-corrected chi connectivity index (χ3v) is 3.08. The van der Waals surface area contributed by atoms with Gasteiger partial charge < -0.3 is 4.74 Å². The second-order valence-electron chi connectivity index (χ2n) is 5.25. The minimum atomic E-state index is -0.291. The lowest BCUT2D eigenvalue weighted by Crippen LogP contribution is -2.20. The highest BCUT2D eigenvalue weighted by atomic mass is 35.5. The van der Waals surface area contributed by atoms with Crippen molar-refractivity contribution in [1.29, 1.82) is 0 Å². The van der Waals surface area contributed by atoms with Gasteiger partial charge in [0.15, 0.2) is 0 Å². The van der Waals surface area contributed by atoms with E-state index in [4.69, 9.17) is 16.3 Å². The molecule has 94 valence electrons. The Bertz CT molecular complexity index is 376. The van der Waals surface area contributed by atoms with Crippen LogP contribution in [0.25, 0.3) is 0 Å². The number of carbonyl (C=O) groups is 1. The van der Waals surface area contributed by atoms with E-state index in [9.17, 15) is 4.79 Å². The first kappa shape index (κ1) is 14.0. The zero-order valence-electron chi connectivity index (χ0n) is 10.8. The molecule has 0 aliphatic carbocycles. The highest BCUT2D eigenvalue weighted by Crippen LogP contribution is 2.38. The average Bonchev–Trinajstić information content (AvgIpc) is 2.24. The Balaban J connectivity index is 3.00. The van der Waals surface area contributed by atoms with Gasteiger partial charge in [0, 0.05) is 6.42 Å². The SMILES string of the molecule is COc1ccc(C(CC(=O)Cl)C(C)(C)C)cc1. The molecule has 1 aromatic rings. The zero-order valence-corrected chi connectivity index (χ0v) is 11.5. The van der Waals surface area contributed by atoms with Crippen LogP contribution in [0.4, 0.5) is 0 Å². The molecular formula is C14H19ClO2. The maximum absolute atomic E-state index is 11.1. The first-order valence-corrected chi connectivity index (χ1v) is 6.04. The van der Waals surface area contributed by atoms with Crippen LogP contribution in [0.1, 0.15) is 38.7 Å². The fourth-order valence-electron chi connectivity index (χ4n) is 1.92. The molecule has 0 saturated carbocycles. The minimum Gasteiger partial charge on any atom is -0.497 e. The van der Waals surface area contributed by atoms with Gasteiger partial charge in [0.25, 0.3) is 0 Å². The Hall–Kier alpha value is -1.02. The van der Waals surface area contributed by atoms with E-state index in [0.29, 0.717) is 6.42 Å². The van der Waals surface area contributed by atoms with Crippen LogP contribution in [0.3, 0.4) is 0 Å². The van der Waals surface area contributed by atoms with Crippen LogP contribution in [0, 0.1) is 5.41 Å². The summed E-state index contributed by atoms with van der Waals surface area (Å²) in [6, 6.07) is 7.81. The zero-order chi connectivity index (χ0) is 13.1. The smallest absolute Gasteiger partial charge is 0.222 e. The maximum atomic E-state index is 11.1. The second-order valence-corrected chi connectivity index (χ2v) is 5.67. The average molecular weight is 255 g/mol. The topological polar surface area (TPSA) is 26.3 Å². The molecule has 0 heterocycles. The van der Waals surface area contributed by atoms with Gasteiger partial charge in [-0.05, 0) is 40.6 Å². The van der Waals surface area contributed by atoms with Crippen molar-refractivity contribution < 1.29 is 9.53 Å². The number of carbonyl (C=O) groups excluding carboxylic acids is 1. The van der Waals surface area contributed by atoms with E-state index >= 15 is 0 Å².